The smallest absolute Gasteiger partial charge is 0.213 e. The average Bonchev–Trinajstić information content (AvgIpc) is 3.17. The number of benzene rings is 1. The van der Waals surface area contributed by atoms with Crippen LogP contribution in [-0.2, 0) is 6.54 Å². The number of carbonyl (C=O) groups excluding carboxylic acids is 1. The van der Waals surface area contributed by atoms with Crippen LogP contribution in [0.1, 0.15) is 41.1 Å². The van der Waals surface area contributed by atoms with E-state index < -0.39 is 0 Å². The van der Waals surface area contributed by atoms with Crippen LogP contribution in [0, 0.1) is 0 Å². The van der Waals surface area contributed by atoms with Gasteiger partial charge in [-0.05, 0) is 50.2 Å². The molecule has 1 saturated heterocycles. The van der Waals surface area contributed by atoms with Crippen molar-refractivity contribution in [2.75, 3.05) is 13.1 Å². The molecule has 1 aliphatic rings. The third kappa shape index (κ3) is 3.41. The molecule has 3 heterocycles. The number of carbonyl (C=O) groups is 1. The second kappa shape index (κ2) is 7.58. The molecule has 26 heavy (non-hydrogen) atoms. The second-order valence-corrected chi connectivity index (χ2v) is 6.52. The quantitative estimate of drug-likeness (QED) is 0.664. The minimum absolute atomic E-state index is 0.0983. The number of hydrogen-bond donors (Lipinski definition) is 0. The van der Waals surface area contributed by atoms with Crippen LogP contribution in [0.5, 0.6) is 0 Å². The fourth-order valence-electron chi connectivity index (χ4n) is 3.40. The highest BCUT2D eigenvalue weighted by Crippen LogP contribution is 2.20. The number of nitrogens with zero attached hydrogens (tertiary/aromatic N) is 5. The maximum absolute atomic E-state index is 12.9. The van der Waals surface area contributed by atoms with E-state index in [0.29, 0.717) is 11.3 Å². The summed E-state index contributed by atoms with van der Waals surface area (Å²) in [6.45, 7) is 2.91. The first-order valence-corrected chi connectivity index (χ1v) is 8.99. The van der Waals surface area contributed by atoms with E-state index in [9.17, 15) is 4.79 Å². The molecular weight excluding hydrogens is 326 g/mol. The highest BCUT2D eigenvalue weighted by atomic mass is 16.1. The van der Waals surface area contributed by atoms with E-state index in [4.69, 9.17) is 0 Å². The summed E-state index contributed by atoms with van der Waals surface area (Å²) in [5, 5.41) is 8.40. The van der Waals surface area contributed by atoms with Crippen molar-refractivity contribution in [3.63, 3.8) is 0 Å². The molecule has 132 valence electrons. The molecule has 0 unspecified atom stereocenters. The Bertz CT molecular complexity index is 884. The van der Waals surface area contributed by atoms with Gasteiger partial charge in [0, 0.05) is 11.8 Å². The van der Waals surface area contributed by atoms with E-state index in [1.54, 1.807) is 24.7 Å². The molecule has 4 rings (SSSR count). The fraction of sp³-hybridized carbons (Fsp3) is 0.300. The van der Waals surface area contributed by atoms with Gasteiger partial charge >= 0.3 is 0 Å². The van der Waals surface area contributed by atoms with Crippen molar-refractivity contribution < 1.29 is 4.79 Å². The molecule has 0 aliphatic carbocycles. The Kier molecular flexibility index (Phi) is 4.84. The van der Waals surface area contributed by atoms with Crippen LogP contribution >= 0.6 is 0 Å². The Morgan fingerprint density at radius 2 is 1.81 bits per heavy atom. The van der Waals surface area contributed by atoms with Gasteiger partial charge in [-0.2, -0.15) is 0 Å². The lowest BCUT2D eigenvalue weighted by Gasteiger charge is -2.26. The number of para-hydroxylation sites is 1. The van der Waals surface area contributed by atoms with E-state index in [1.807, 2.05) is 34.9 Å². The summed E-state index contributed by atoms with van der Waals surface area (Å²) in [6, 6.07) is 12.9. The van der Waals surface area contributed by atoms with Crippen LogP contribution in [-0.4, -0.2) is 43.5 Å². The molecule has 6 heteroatoms. The molecule has 0 radical (unpaired) electrons. The molecule has 2 aromatic heterocycles. The molecule has 0 N–H and O–H groups in total. The van der Waals surface area contributed by atoms with Crippen LogP contribution in [0.25, 0.3) is 5.69 Å². The van der Waals surface area contributed by atoms with Crippen molar-refractivity contribution in [2.24, 2.45) is 0 Å². The zero-order valence-corrected chi connectivity index (χ0v) is 14.6. The summed E-state index contributed by atoms with van der Waals surface area (Å²) in [7, 11) is 0. The monoisotopic (exact) mass is 347 g/mol. The lowest BCUT2D eigenvalue weighted by molar-refractivity contribution is 0.103. The van der Waals surface area contributed by atoms with Gasteiger partial charge in [0.1, 0.15) is 12.0 Å². The van der Waals surface area contributed by atoms with Gasteiger partial charge in [-0.3, -0.25) is 19.2 Å². The van der Waals surface area contributed by atoms with Crippen molar-refractivity contribution in [1.82, 2.24) is 24.6 Å². The van der Waals surface area contributed by atoms with Gasteiger partial charge in [0.25, 0.3) is 0 Å². The maximum Gasteiger partial charge on any atom is 0.213 e. The molecule has 1 aromatic carbocycles. The molecule has 0 atom stereocenters. The molecule has 0 spiro atoms. The first-order chi connectivity index (χ1) is 12.8. The molecule has 3 aromatic rings. The van der Waals surface area contributed by atoms with Crippen LogP contribution in [0.15, 0.2) is 55.0 Å². The first kappa shape index (κ1) is 16.6. The molecular formula is C20H21N5O. The average molecular weight is 347 g/mol. The molecule has 0 amide bonds. The highest BCUT2D eigenvalue weighted by Gasteiger charge is 2.19. The summed E-state index contributed by atoms with van der Waals surface area (Å²) < 4.78 is 1.92. The molecule has 0 bridgehead atoms. The van der Waals surface area contributed by atoms with Gasteiger partial charge in [-0.15, -0.1) is 10.2 Å². The van der Waals surface area contributed by atoms with E-state index in [-0.39, 0.29) is 5.78 Å². The van der Waals surface area contributed by atoms with Crippen molar-refractivity contribution in [3.8, 4) is 5.69 Å². The number of likely N-dealkylation sites (tertiary alicyclic amines) is 1. The fourth-order valence-corrected chi connectivity index (χ4v) is 3.40. The number of aromatic nitrogens is 4. The Morgan fingerprint density at radius 3 is 2.62 bits per heavy atom. The van der Waals surface area contributed by atoms with E-state index >= 15 is 0 Å². The molecule has 1 fully saturated rings. The summed E-state index contributed by atoms with van der Waals surface area (Å²) in [5.41, 5.74) is 1.83. The largest absolute Gasteiger partial charge is 0.296 e. The van der Waals surface area contributed by atoms with Gasteiger partial charge < -0.3 is 0 Å². The Morgan fingerprint density at radius 1 is 1.00 bits per heavy atom. The van der Waals surface area contributed by atoms with Gasteiger partial charge in [-0.1, -0.05) is 24.6 Å². The minimum atomic E-state index is -0.0983. The summed E-state index contributed by atoms with van der Waals surface area (Å²) in [5.74, 6) is 0.756. The summed E-state index contributed by atoms with van der Waals surface area (Å²) in [6.07, 6.45) is 7.07. The minimum Gasteiger partial charge on any atom is -0.296 e. The van der Waals surface area contributed by atoms with E-state index in [2.05, 4.69) is 20.1 Å². The standard InChI is InChI=1S/C20H21N5O/c26-20(17-9-4-5-11-21-17)16-8-2-3-10-18(16)25-15-22-23-19(25)14-24-12-6-1-7-13-24/h2-5,8-11,15H,1,6-7,12-14H2. The van der Waals surface area contributed by atoms with Crippen molar-refractivity contribution in [2.45, 2.75) is 25.8 Å². The molecule has 0 saturated carbocycles. The van der Waals surface area contributed by atoms with Gasteiger partial charge in [0.05, 0.1) is 12.2 Å². The van der Waals surface area contributed by atoms with Crippen LogP contribution < -0.4 is 0 Å². The number of pyridine rings is 1. The van der Waals surface area contributed by atoms with Crippen molar-refractivity contribution >= 4 is 5.78 Å². The van der Waals surface area contributed by atoms with Crippen LogP contribution in [0.4, 0.5) is 0 Å². The summed E-state index contributed by atoms with van der Waals surface area (Å²) in [4.78, 5) is 19.5. The van der Waals surface area contributed by atoms with E-state index in [0.717, 1.165) is 31.1 Å². The third-order valence-corrected chi connectivity index (χ3v) is 4.74. The first-order valence-electron chi connectivity index (χ1n) is 8.99. The number of ketones is 1. The molecule has 1 aliphatic heterocycles. The predicted octanol–water partition coefficient (Wildman–Crippen LogP) is 2.88. The Hall–Kier alpha value is -2.86. The van der Waals surface area contributed by atoms with Gasteiger partial charge in [0.15, 0.2) is 5.82 Å². The van der Waals surface area contributed by atoms with Crippen molar-refractivity contribution in [3.05, 3.63) is 72.1 Å². The van der Waals surface area contributed by atoms with Crippen molar-refractivity contribution in [1.29, 1.82) is 0 Å². The lowest BCUT2D eigenvalue weighted by atomic mass is 10.1. The van der Waals surface area contributed by atoms with E-state index in [1.165, 1.54) is 19.3 Å². The van der Waals surface area contributed by atoms with Crippen LogP contribution in [0.2, 0.25) is 0 Å². The van der Waals surface area contributed by atoms with Gasteiger partial charge in [-0.25, -0.2) is 0 Å². The highest BCUT2D eigenvalue weighted by molar-refractivity contribution is 6.10. The Balaban J connectivity index is 1.67. The topological polar surface area (TPSA) is 63.9 Å². The zero-order valence-electron chi connectivity index (χ0n) is 14.6. The normalized spacial score (nSPS) is 15.1. The zero-order chi connectivity index (χ0) is 17.8. The molecule has 6 nitrogen and oxygen atoms in total. The van der Waals surface area contributed by atoms with Crippen LogP contribution in [0.3, 0.4) is 0 Å². The lowest BCUT2D eigenvalue weighted by Crippen LogP contribution is -2.30. The number of piperidine rings is 1. The van der Waals surface area contributed by atoms with Gasteiger partial charge in [0.2, 0.25) is 5.78 Å². The maximum atomic E-state index is 12.9. The number of hydrogen-bond acceptors (Lipinski definition) is 5. The number of rotatable bonds is 5. The second-order valence-electron chi connectivity index (χ2n) is 6.52. The Labute approximate surface area is 152 Å². The third-order valence-electron chi connectivity index (χ3n) is 4.74. The SMILES string of the molecule is O=C(c1ccccn1)c1ccccc1-n1cnnc1CN1CCCCC1. The predicted molar refractivity (Wildman–Crippen MR) is 98.2 cm³/mol. The summed E-state index contributed by atoms with van der Waals surface area (Å²) >= 11 is 0.